The Kier molecular flexibility index (Phi) is 7.23. The van der Waals surface area contributed by atoms with Crippen LogP contribution in [-0.2, 0) is 25.6 Å². The number of hydrogen-bond acceptors (Lipinski definition) is 7. The number of nitrogens with zero attached hydrogens (tertiary/aromatic N) is 1. The highest BCUT2D eigenvalue weighted by Crippen LogP contribution is 2.03. The molecule has 6 nitrogen and oxygen atoms in total. The third kappa shape index (κ3) is 5.77. The summed E-state index contributed by atoms with van der Waals surface area (Å²) in [5.41, 5.74) is 0.282. The van der Waals surface area contributed by atoms with E-state index in [2.05, 4.69) is 19.8 Å². The second-order valence-corrected chi connectivity index (χ2v) is 4.54. The first kappa shape index (κ1) is 16.1. The maximum absolute atomic E-state index is 11.5. The first-order chi connectivity index (χ1) is 9.67. The Bertz CT molecular complexity index is 494. The van der Waals surface area contributed by atoms with Crippen LogP contribution >= 0.6 is 11.3 Å². The molecule has 1 aromatic rings. The van der Waals surface area contributed by atoms with Crippen molar-refractivity contribution < 1.29 is 19.1 Å². The van der Waals surface area contributed by atoms with Crippen molar-refractivity contribution in [1.29, 1.82) is 0 Å². The lowest BCUT2D eigenvalue weighted by Gasteiger charge is -2.01. The zero-order valence-corrected chi connectivity index (χ0v) is 12.1. The minimum Gasteiger partial charge on any atom is -0.466 e. The van der Waals surface area contributed by atoms with Crippen molar-refractivity contribution in [2.75, 3.05) is 20.8 Å². The van der Waals surface area contributed by atoms with Crippen molar-refractivity contribution in [2.45, 2.75) is 6.54 Å². The summed E-state index contributed by atoms with van der Waals surface area (Å²) in [7, 11) is 2.55. The predicted molar refractivity (Wildman–Crippen MR) is 75.1 cm³/mol. The van der Waals surface area contributed by atoms with Crippen LogP contribution in [0, 0.1) is 0 Å². The summed E-state index contributed by atoms with van der Waals surface area (Å²) in [6, 6.07) is 0. The van der Waals surface area contributed by atoms with Crippen molar-refractivity contribution >= 4 is 23.3 Å². The molecule has 0 aliphatic carbocycles. The Labute approximate surface area is 121 Å². The van der Waals surface area contributed by atoms with Crippen molar-refractivity contribution in [3.05, 3.63) is 40.4 Å². The number of aromatic nitrogens is 1. The van der Waals surface area contributed by atoms with Gasteiger partial charge in [0, 0.05) is 30.7 Å². The minimum absolute atomic E-state index is 0.282. The summed E-state index contributed by atoms with van der Waals surface area (Å²) < 4.78 is 9.09. The highest BCUT2D eigenvalue weighted by atomic mass is 32.1. The number of esters is 2. The number of carbonyl (C=O) groups excluding carboxylic acids is 2. The SMILES string of the molecule is COC(=O)C=CC(=CCNCc1nccs1)C(=O)OC. The molecule has 0 unspecified atom stereocenters. The van der Waals surface area contributed by atoms with Crippen LogP contribution in [0.15, 0.2) is 35.4 Å². The molecule has 0 atom stereocenters. The fourth-order valence-electron chi connectivity index (χ4n) is 1.26. The molecule has 0 spiro atoms. The molecule has 0 fully saturated rings. The van der Waals surface area contributed by atoms with Gasteiger partial charge in [0.25, 0.3) is 0 Å². The molecule has 0 radical (unpaired) electrons. The van der Waals surface area contributed by atoms with Crippen LogP contribution in [0.25, 0.3) is 0 Å². The Hall–Kier alpha value is -1.99. The lowest BCUT2D eigenvalue weighted by Crippen LogP contribution is -2.14. The Morgan fingerprint density at radius 3 is 2.75 bits per heavy atom. The highest BCUT2D eigenvalue weighted by molar-refractivity contribution is 7.09. The molecule has 20 heavy (non-hydrogen) atoms. The summed E-state index contributed by atoms with van der Waals surface area (Å²) in [6.07, 6.45) is 5.90. The van der Waals surface area contributed by atoms with Crippen LogP contribution in [-0.4, -0.2) is 37.7 Å². The van der Waals surface area contributed by atoms with Gasteiger partial charge in [0.15, 0.2) is 0 Å². The number of thiazole rings is 1. The van der Waals surface area contributed by atoms with Crippen molar-refractivity contribution in [1.82, 2.24) is 10.3 Å². The molecule has 0 saturated heterocycles. The number of methoxy groups -OCH3 is 2. The first-order valence-electron chi connectivity index (χ1n) is 5.81. The van der Waals surface area contributed by atoms with Crippen LogP contribution in [0.5, 0.6) is 0 Å². The number of ether oxygens (including phenoxy) is 2. The van der Waals surface area contributed by atoms with Gasteiger partial charge in [0.05, 0.1) is 19.8 Å². The average Bonchev–Trinajstić information content (AvgIpc) is 2.98. The molecule has 0 bridgehead atoms. The van der Waals surface area contributed by atoms with Crippen LogP contribution in [0.2, 0.25) is 0 Å². The monoisotopic (exact) mass is 296 g/mol. The maximum atomic E-state index is 11.5. The molecule has 1 aromatic heterocycles. The summed E-state index contributed by atoms with van der Waals surface area (Å²) >= 11 is 1.55. The van der Waals surface area contributed by atoms with E-state index in [9.17, 15) is 9.59 Å². The topological polar surface area (TPSA) is 77.5 Å². The second-order valence-electron chi connectivity index (χ2n) is 3.56. The summed E-state index contributed by atoms with van der Waals surface area (Å²) in [5, 5.41) is 5.97. The molecular formula is C13H16N2O4S. The smallest absolute Gasteiger partial charge is 0.337 e. The standard InChI is InChI=1S/C13H16N2O4S/c1-18-12(16)4-3-10(13(17)19-2)5-6-14-9-11-15-7-8-20-11/h3-5,7-8,14H,6,9H2,1-2H3. The van der Waals surface area contributed by atoms with Gasteiger partial charge in [-0.25, -0.2) is 14.6 Å². The van der Waals surface area contributed by atoms with Gasteiger partial charge in [0.1, 0.15) is 5.01 Å². The van der Waals surface area contributed by atoms with Crippen LogP contribution in [0.1, 0.15) is 5.01 Å². The van der Waals surface area contributed by atoms with Crippen LogP contribution in [0.3, 0.4) is 0 Å². The normalized spacial score (nSPS) is 11.6. The second kappa shape index (κ2) is 9.00. The Morgan fingerprint density at radius 2 is 2.15 bits per heavy atom. The predicted octanol–water partition coefficient (Wildman–Crippen LogP) is 1.06. The van der Waals surface area contributed by atoms with Gasteiger partial charge >= 0.3 is 11.9 Å². The Balaban J connectivity index is 2.54. The van der Waals surface area contributed by atoms with E-state index < -0.39 is 11.9 Å². The van der Waals surface area contributed by atoms with Crippen molar-refractivity contribution in [2.24, 2.45) is 0 Å². The lowest BCUT2D eigenvalue weighted by atomic mass is 10.2. The van der Waals surface area contributed by atoms with E-state index in [1.54, 1.807) is 23.6 Å². The van der Waals surface area contributed by atoms with Crippen molar-refractivity contribution in [3.63, 3.8) is 0 Å². The largest absolute Gasteiger partial charge is 0.466 e. The van der Waals surface area contributed by atoms with E-state index in [1.807, 2.05) is 5.38 Å². The van der Waals surface area contributed by atoms with Gasteiger partial charge in [0.2, 0.25) is 0 Å². The van der Waals surface area contributed by atoms with Gasteiger partial charge in [-0.3, -0.25) is 0 Å². The molecule has 0 aliphatic heterocycles. The third-order valence-electron chi connectivity index (χ3n) is 2.25. The minimum atomic E-state index is -0.532. The number of rotatable bonds is 7. The molecule has 1 N–H and O–H groups in total. The van der Waals surface area contributed by atoms with E-state index in [0.717, 1.165) is 5.01 Å². The zero-order chi connectivity index (χ0) is 14.8. The first-order valence-corrected chi connectivity index (χ1v) is 6.69. The van der Waals surface area contributed by atoms with Crippen molar-refractivity contribution in [3.8, 4) is 0 Å². The van der Waals surface area contributed by atoms with Gasteiger partial charge in [-0.2, -0.15) is 0 Å². The van der Waals surface area contributed by atoms with Crippen LogP contribution < -0.4 is 5.32 Å². The fourth-order valence-corrected chi connectivity index (χ4v) is 1.85. The maximum Gasteiger partial charge on any atom is 0.337 e. The average molecular weight is 296 g/mol. The molecule has 1 rings (SSSR count). The van der Waals surface area contributed by atoms with Gasteiger partial charge < -0.3 is 14.8 Å². The zero-order valence-electron chi connectivity index (χ0n) is 11.3. The Morgan fingerprint density at radius 1 is 1.35 bits per heavy atom. The summed E-state index contributed by atoms with van der Waals surface area (Å²) in [4.78, 5) is 26.6. The quantitative estimate of drug-likeness (QED) is 0.351. The molecular weight excluding hydrogens is 280 g/mol. The van der Waals surface area contributed by atoms with E-state index >= 15 is 0 Å². The molecule has 0 amide bonds. The number of hydrogen-bond donors (Lipinski definition) is 1. The molecule has 0 aromatic carbocycles. The summed E-state index contributed by atoms with van der Waals surface area (Å²) in [5.74, 6) is -1.04. The molecule has 7 heteroatoms. The highest BCUT2D eigenvalue weighted by Gasteiger charge is 2.06. The molecule has 0 aliphatic rings. The van der Waals surface area contributed by atoms with E-state index in [0.29, 0.717) is 13.1 Å². The van der Waals surface area contributed by atoms with E-state index in [1.165, 1.54) is 26.4 Å². The van der Waals surface area contributed by atoms with Crippen LogP contribution in [0.4, 0.5) is 0 Å². The lowest BCUT2D eigenvalue weighted by molar-refractivity contribution is -0.135. The number of nitrogens with one attached hydrogen (secondary N) is 1. The summed E-state index contributed by atoms with van der Waals surface area (Å²) in [6.45, 7) is 1.07. The fraction of sp³-hybridized carbons (Fsp3) is 0.308. The molecule has 0 saturated carbocycles. The molecule has 1 heterocycles. The van der Waals surface area contributed by atoms with Gasteiger partial charge in [-0.05, 0) is 6.08 Å². The number of carbonyl (C=O) groups is 2. The molecule has 108 valence electrons. The van der Waals surface area contributed by atoms with Gasteiger partial charge in [-0.1, -0.05) is 6.08 Å². The third-order valence-corrected chi connectivity index (χ3v) is 3.03. The van der Waals surface area contributed by atoms with Gasteiger partial charge in [-0.15, -0.1) is 11.3 Å². The van der Waals surface area contributed by atoms with E-state index in [4.69, 9.17) is 0 Å². The van der Waals surface area contributed by atoms with E-state index in [-0.39, 0.29) is 5.57 Å².